The molecule has 0 fully saturated rings. The van der Waals surface area contributed by atoms with Gasteiger partial charge in [-0.15, -0.1) is 0 Å². The molecule has 0 radical (unpaired) electrons. The Morgan fingerprint density at radius 1 is 0.952 bits per heavy atom. The number of rotatable bonds is 6. The largest absolute Gasteiger partial charge is 0.493 e. The van der Waals surface area contributed by atoms with Crippen LogP contribution in [0.25, 0.3) is 0 Å². The molecule has 1 unspecified atom stereocenters. The Labute approximate surface area is 134 Å². The molecule has 4 heteroatoms. The highest BCUT2D eigenvalue weighted by Gasteiger charge is 2.15. The summed E-state index contributed by atoms with van der Waals surface area (Å²) in [6.07, 6.45) is 0. The van der Waals surface area contributed by atoms with Crippen molar-refractivity contribution in [3.63, 3.8) is 0 Å². The SMILES string of the molecule is CCNC(c1ccc(Br)cc1)c1ccc(OC)c(OC)c1. The van der Waals surface area contributed by atoms with Crippen LogP contribution >= 0.6 is 15.9 Å². The predicted molar refractivity (Wildman–Crippen MR) is 89.2 cm³/mol. The van der Waals surface area contributed by atoms with Gasteiger partial charge in [-0.2, -0.15) is 0 Å². The molecule has 0 heterocycles. The van der Waals surface area contributed by atoms with Gasteiger partial charge in [-0.3, -0.25) is 0 Å². The lowest BCUT2D eigenvalue weighted by atomic mass is 9.98. The van der Waals surface area contributed by atoms with Crippen molar-refractivity contribution in [1.29, 1.82) is 0 Å². The maximum atomic E-state index is 5.40. The first-order valence-corrected chi connectivity index (χ1v) is 7.69. The van der Waals surface area contributed by atoms with Gasteiger partial charge in [0.15, 0.2) is 11.5 Å². The topological polar surface area (TPSA) is 30.5 Å². The number of nitrogens with one attached hydrogen (secondary N) is 1. The highest BCUT2D eigenvalue weighted by atomic mass is 79.9. The van der Waals surface area contributed by atoms with Crippen molar-refractivity contribution < 1.29 is 9.47 Å². The number of hydrogen-bond acceptors (Lipinski definition) is 3. The summed E-state index contributed by atoms with van der Waals surface area (Å²) in [5.41, 5.74) is 2.36. The summed E-state index contributed by atoms with van der Waals surface area (Å²) in [4.78, 5) is 0. The third-order valence-electron chi connectivity index (χ3n) is 3.35. The molecule has 0 aromatic heterocycles. The normalized spacial score (nSPS) is 12.0. The first-order chi connectivity index (χ1) is 10.2. The smallest absolute Gasteiger partial charge is 0.161 e. The van der Waals surface area contributed by atoms with Crippen molar-refractivity contribution in [3.05, 3.63) is 58.1 Å². The fourth-order valence-electron chi connectivity index (χ4n) is 2.32. The predicted octanol–water partition coefficient (Wildman–Crippen LogP) is 4.17. The lowest BCUT2D eigenvalue weighted by Crippen LogP contribution is -2.22. The maximum absolute atomic E-state index is 5.40. The van der Waals surface area contributed by atoms with E-state index in [0.717, 1.165) is 28.1 Å². The average molecular weight is 350 g/mol. The molecule has 0 bridgehead atoms. The number of ether oxygens (including phenoxy) is 2. The van der Waals surface area contributed by atoms with Crippen molar-refractivity contribution in [2.75, 3.05) is 20.8 Å². The Bertz CT molecular complexity index is 584. The van der Waals surface area contributed by atoms with E-state index in [1.807, 2.05) is 12.1 Å². The molecule has 1 atom stereocenters. The molecular weight excluding hydrogens is 330 g/mol. The van der Waals surface area contributed by atoms with Crippen molar-refractivity contribution in [3.8, 4) is 11.5 Å². The van der Waals surface area contributed by atoms with Crippen LogP contribution in [-0.4, -0.2) is 20.8 Å². The molecule has 2 aromatic rings. The molecule has 0 amide bonds. The minimum atomic E-state index is 0.128. The van der Waals surface area contributed by atoms with Crippen LogP contribution in [0, 0.1) is 0 Å². The fourth-order valence-corrected chi connectivity index (χ4v) is 2.58. The minimum Gasteiger partial charge on any atom is -0.493 e. The Morgan fingerprint density at radius 3 is 2.14 bits per heavy atom. The lowest BCUT2D eigenvalue weighted by molar-refractivity contribution is 0.354. The van der Waals surface area contributed by atoms with Crippen LogP contribution in [0.2, 0.25) is 0 Å². The minimum absolute atomic E-state index is 0.128. The van der Waals surface area contributed by atoms with E-state index in [2.05, 4.69) is 58.5 Å². The van der Waals surface area contributed by atoms with Gasteiger partial charge >= 0.3 is 0 Å². The molecule has 21 heavy (non-hydrogen) atoms. The summed E-state index contributed by atoms with van der Waals surface area (Å²) in [5, 5.41) is 3.51. The van der Waals surface area contributed by atoms with Gasteiger partial charge in [-0.05, 0) is 41.9 Å². The van der Waals surface area contributed by atoms with Gasteiger partial charge < -0.3 is 14.8 Å². The molecule has 1 N–H and O–H groups in total. The van der Waals surface area contributed by atoms with E-state index in [0.29, 0.717) is 0 Å². The highest BCUT2D eigenvalue weighted by molar-refractivity contribution is 9.10. The van der Waals surface area contributed by atoms with Crippen LogP contribution in [0.15, 0.2) is 46.9 Å². The fraction of sp³-hybridized carbons (Fsp3) is 0.294. The van der Waals surface area contributed by atoms with Gasteiger partial charge in [0.25, 0.3) is 0 Å². The van der Waals surface area contributed by atoms with Gasteiger partial charge in [-0.1, -0.05) is 41.1 Å². The van der Waals surface area contributed by atoms with Gasteiger partial charge in [0, 0.05) is 4.47 Å². The number of hydrogen-bond donors (Lipinski definition) is 1. The summed E-state index contributed by atoms with van der Waals surface area (Å²) in [7, 11) is 3.30. The molecule has 0 saturated heterocycles. The van der Waals surface area contributed by atoms with Crippen LogP contribution < -0.4 is 14.8 Å². The van der Waals surface area contributed by atoms with Gasteiger partial charge in [0.05, 0.1) is 20.3 Å². The Kier molecular flexibility index (Phi) is 5.65. The van der Waals surface area contributed by atoms with E-state index >= 15 is 0 Å². The Balaban J connectivity index is 2.40. The highest BCUT2D eigenvalue weighted by Crippen LogP contribution is 2.32. The first kappa shape index (κ1) is 15.9. The second-order valence-electron chi connectivity index (χ2n) is 4.66. The van der Waals surface area contributed by atoms with Gasteiger partial charge in [0.1, 0.15) is 0 Å². The summed E-state index contributed by atoms with van der Waals surface area (Å²) in [5.74, 6) is 1.49. The number of methoxy groups -OCH3 is 2. The van der Waals surface area contributed by atoms with E-state index in [-0.39, 0.29) is 6.04 Å². The molecule has 0 saturated carbocycles. The molecule has 112 valence electrons. The lowest BCUT2D eigenvalue weighted by Gasteiger charge is -2.20. The summed E-state index contributed by atoms with van der Waals surface area (Å²) in [6.45, 7) is 2.99. The molecule has 2 aromatic carbocycles. The van der Waals surface area contributed by atoms with Crippen LogP contribution in [0.3, 0.4) is 0 Å². The summed E-state index contributed by atoms with van der Waals surface area (Å²) >= 11 is 3.47. The van der Waals surface area contributed by atoms with E-state index in [9.17, 15) is 0 Å². The summed E-state index contributed by atoms with van der Waals surface area (Å²) in [6, 6.07) is 14.5. The third-order valence-corrected chi connectivity index (χ3v) is 3.88. The van der Waals surface area contributed by atoms with Crippen molar-refractivity contribution in [2.45, 2.75) is 13.0 Å². The van der Waals surface area contributed by atoms with E-state index in [1.54, 1.807) is 14.2 Å². The van der Waals surface area contributed by atoms with Crippen molar-refractivity contribution >= 4 is 15.9 Å². The van der Waals surface area contributed by atoms with Crippen LogP contribution in [0.4, 0.5) is 0 Å². The molecule has 2 rings (SSSR count). The van der Waals surface area contributed by atoms with Crippen LogP contribution in [0.1, 0.15) is 24.1 Å². The molecular formula is C17H20BrNO2. The Hall–Kier alpha value is -1.52. The molecule has 3 nitrogen and oxygen atoms in total. The zero-order chi connectivity index (χ0) is 15.2. The Morgan fingerprint density at radius 2 is 1.57 bits per heavy atom. The monoisotopic (exact) mass is 349 g/mol. The molecule has 0 aliphatic carbocycles. The summed E-state index contributed by atoms with van der Waals surface area (Å²) < 4.78 is 11.8. The number of halogens is 1. The molecule has 0 aliphatic rings. The van der Waals surface area contributed by atoms with Crippen LogP contribution in [0.5, 0.6) is 11.5 Å². The van der Waals surface area contributed by atoms with E-state index < -0.39 is 0 Å². The van der Waals surface area contributed by atoms with Crippen LogP contribution in [-0.2, 0) is 0 Å². The van der Waals surface area contributed by atoms with E-state index in [1.165, 1.54) is 5.56 Å². The van der Waals surface area contributed by atoms with Crippen molar-refractivity contribution in [2.24, 2.45) is 0 Å². The zero-order valence-electron chi connectivity index (χ0n) is 12.5. The standard InChI is InChI=1S/C17H20BrNO2/c1-4-19-17(12-5-8-14(18)9-6-12)13-7-10-15(20-2)16(11-13)21-3/h5-11,17,19H,4H2,1-3H3. The average Bonchev–Trinajstić information content (AvgIpc) is 2.53. The first-order valence-electron chi connectivity index (χ1n) is 6.90. The van der Waals surface area contributed by atoms with E-state index in [4.69, 9.17) is 9.47 Å². The quantitative estimate of drug-likeness (QED) is 0.848. The molecule has 0 aliphatic heterocycles. The molecule has 0 spiro atoms. The number of benzene rings is 2. The zero-order valence-corrected chi connectivity index (χ0v) is 14.1. The van der Waals surface area contributed by atoms with Crippen molar-refractivity contribution in [1.82, 2.24) is 5.32 Å². The van der Waals surface area contributed by atoms with Gasteiger partial charge in [0.2, 0.25) is 0 Å². The second kappa shape index (κ2) is 7.48. The maximum Gasteiger partial charge on any atom is 0.161 e. The third kappa shape index (κ3) is 3.77. The van der Waals surface area contributed by atoms with Gasteiger partial charge in [-0.25, -0.2) is 0 Å². The second-order valence-corrected chi connectivity index (χ2v) is 5.57.